The number of carbonyl (C=O) groups excluding carboxylic acids is 1. The Hall–Kier alpha value is -3.02. The van der Waals surface area contributed by atoms with Crippen molar-refractivity contribution >= 4 is 16.9 Å². The van der Waals surface area contributed by atoms with Crippen LogP contribution in [0.15, 0.2) is 53.3 Å². The molecule has 0 spiro atoms. The molecule has 1 amide bonds. The Morgan fingerprint density at radius 3 is 2.65 bits per heavy atom. The Bertz CT molecular complexity index is 867. The van der Waals surface area contributed by atoms with Crippen LogP contribution in [0.25, 0.3) is 11.0 Å². The number of carbonyl (C=O) groups is 1. The van der Waals surface area contributed by atoms with Gasteiger partial charge in [-0.2, -0.15) is 0 Å². The monoisotopic (exact) mass is 311 g/mol. The first-order valence-electron chi connectivity index (χ1n) is 7.32. The van der Waals surface area contributed by atoms with Crippen LogP contribution in [0, 0.1) is 0 Å². The number of para-hydroxylation sites is 1. The van der Waals surface area contributed by atoms with E-state index in [2.05, 4.69) is 15.3 Å². The fourth-order valence-electron chi connectivity index (χ4n) is 2.28. The Morgan fingerprint density at radius 1 is 1.13 bits per heavy atom. The average Bonchev–Trinajstić information content (AvgIpc) is 2.92. The van der Waals surface area contributed by atoms with Crippen LogP contribution in [0.2, 0.25) is 0 Å². The van der Waals surface area contributed by atoms with Gasteiger partial charge in [-0.25, -0.2) is 4.79 Å². The molecule has 0 radical (unpaired) electrons. The molecule has 6 nitrogen and oxygen atoms in total. The van der Waals surface area contributed by atoms with Gasteiger partial charge in [-0.1, -0.05) is 24.3 Å². The number of ether oxygens (including phenoxy) is 1. The molecular formula is C17H17N3O3. The molecule has 6 heteroatoms. The second-order valence-electron chi connectivity index (χ2n) is 5.25. The number of aromatic amines is 2. The van der Waals surface area contributed by atoms with E-state index >= 15 is 0 Å². The third-order valence-corrected chi connectivity index (χ3v) is 3.47. The van der Waals surface area contributed by atoms with Crippen molar-refractivity contribution < 1.29 is 9.53 Å². The number of hydrogen-bond acceptors (Lipinski definition) is 3. The summed E-state index contributed by atoms with van der Waals surface area (Å²) in [5.74, 6) is 0.456. The second-order valence-corrected chi connectivity index (χ2v) is 5.25. The van der Waals surface area contributed by atoms with Crippen LogP contribution in [-0.4, -0.2) is 22.0 Å². The SMILES string of the molecule is CC(Oc1ccccc1)C(=O)NCc1ccc2[nH]c(=O)[nH]c2c1. The van der Waals surface area contributed by atoms with Gasteiger partial charge in [0, 0.05) is 6.54 Å². The number of fused-ring (bicyclic) bond motifs is 1. The maximum atomic E-state index is 12.1. The molecule has 23 heavy (non-hydrogen) atoms. The molecule has 3 N–H and O–H groups in total. The Morgan fingerprint density at radius 2 is 1.87 bits per heavy atom. The van der Waals surface area contributed by atoms with Gasteiger partial charge in [0.15, 0.2) is 6.10 Å². The van der Waals surface area contributed by atoms with E-state index in [1.807, 2.05) is 30.3 Å². The Labute approximate surface area is 132 Å². The average molecular weight is 311 g/mol. The molecule has 1 atom stereocenters. The lowest BCUT2D eigenvalue weighted by Crippen LogP contribution is -2.35. The molecule has 3 rings (SSSR count). The Kier molecular flexibility index (Phi) is 4.14. The largest absolute Gasteiger partial charge is 0.481 e. The Balaban J connectivity index is 1.59. The highest BCUT2D eigenvalue weighted by molar-refractivity contribution is 5.81. The molecule has 0 aliphatic rings. The van der Waals surface area contributed by atoms with E-state index in [-0.39, 0.29) is 11.6 Å². The van der Waals surface area contributed by atoms with Crippen molar-refractivity contribution in [2.75, 3.05) is 0 Å². The van der Waals surface area contributed by atoms with Crippen LogP contribution >= 0.6 is 0 Å². The van der Waals surface area contributed by atoms with E-state index in [9.17, 15) is 9.59 Å². The fraction of sp³-hybridized carbons (Fsp3) is 0.176. The minimum Gasteiger partial charge on any atom is -0.481 e. The molecule has 0 saturated heterocycles. The van der Waals surface area contributed by atoms with E-state index in [1.165, 1.54) is 0 Å². The topological polar surface area (TPSA) is 87.0 Å². The smallest absolute Gasteiger partial charge is 0.323 e. The molecular weight excluding hydrogens is 294 g/mol. The van der Waals surface area contributed by atoms with Gasteiger partial charge in [-0.05, 0) is 36.8 Å². The third-order valence-electron chi connectivity index (χ3n) is 3.47. The normalized spacial score (nSPS) is 12.0. The van der Waals surface area contributed by atoms with Gasteiger partial charge < -0.3 is 20.0 Å². The highest BCUT2D eigenvalue weighted by Gasteiger charge is 2.14. The lowest BCUT2D eigenvalue weighted by Gasteiger charge is -2.14. The van der Waals surface area contributed by atoms with E-state index in [0.717, 1.165) is 16.6 Å². The quantitative estimate of drug-likeness (QED) is 0.673. The summed E-state index contributed by atoms with van der Waals surface area (Å²) in [6.07, 6.45) is -0.590. The van der Waals surface area contributed by atoms with Gasteiger partial charge in [0.05, 0.1) is 11.0 Å². The summed E-state index contributed by atoms with van der Waals surface area (Å²) >= 11 is 0. The zero-order valence-corrected chi connectivity index (χ0v) is 12.6. The van der Waals surface area contributed by atoms with Crippen molar-refractivity contribution in [2.45, 2.75) is 19.6 Å². The standard InChI is InChI=1S/C17H17N3O3/c1-11(23-13-5-3-2-4-6-13)16(21)18-10-12-7-8-14-15(9-12)20-17(22)19-14/h2-9,11H,10H2,1H3,(H,18,21)(H2,19,20,22). The molecule has 0 saturated carbocycles. The first kappa shape index (κ1) is 14.9. The van der Waals surface area contributed by atoms with E-state index in [1.54, 1.807) is 25.1 Å². The van der Waals surface area contributed by atoms with Gasteiger partial charge >= 0.3 is 5.69 Å². The van der Waals surface area contributed by atoms with Crippen molar-refractivity contribution in [2.24, 2.45) is 0 Å². The predicted octanol–water partition coefficient (Wildman–Crippen LogP) is 1.94. The molecule has 1 aromatic heterocycles. The molecule has 0 bridgehead atoms. The number of benzene rings is 2. The summed E-state index contributed by atoms with van der Waals surface area (Å²) in [6, 6.07) is 14.7. The van der Waals surface area contributed by atoms with E-state index in [0.29, 0.717) is 12.3 Å². The predicted molar refractivity (Wildman–Crippen MR) is 87.3 cm³/mol. The fourth-order valence-corrected chi connectivity index (χ4v) is 2.28. The van der Waals surface area contributed by atoms with Crippen LogP contribution in [0.3, 0.4) is 0 Å². The molecule has 0 fully saturated rings. The summed E-state index contributed by atoms with van der Waals surface area (Å²) in [5.41, 5.74) is 2.11. The van der Waals surface area contributed by atoms with Gasteiger partial charge in [0.25, 0.3) is 5.91 Å². The molecule has 3 aromatic rings. The molecule has 0 aliphatic carbocycles. The number of aromatic nitrogens is 2. The van der Waals surface area contributed by atoms with Crippen LogP contribution in [0.4, 0.5) is 0 Å². The maximum Gasteiger partial charge on any atom is 0.323 e. The summed E-state index contributed by atoms with van der Waals surface area (Å²) in [4.78, 5) is 28.7. The number of H-pyrrole nitrogens is 2. The molecule has 1 unspecified atom stereocenters. The van der Waals surface area contributed by atoms with Crippen molar-refractivity contribution in [3.63, 3.8) is 0 Å². The lowest BCUT2D eigenvalue weighted by atomic mass is 10.2. The highest BCUT2D eigenvalue weighted by atomic mass is 16.5. The van der Waals surface area contributed by atoms with Gasteiger partial charge in [-0.15, -0.1) is 0 Å². The van der Waals surface area contributed by atoms with Crippen LogP contribution in [0.5, 0.6) is 5.75 Å². The first-order chi connectivity index (χ1) is 11.1. The molecule has 0 aliphatic heterocycles. The minimum absolute atomic E-state index is 0.198. The van der Waals surface area contributed by atoms with Crippen LogP contribution in [-0.2, 0) is 11.3 Å². The summed E-state index contributed by atoms with van der Waals surface area (Å²) < 4.78 is 5.57. The zero-order valence-electron chi connectivity index (χ0n) is 12.6. The van der Waals surface area contributed by atoms with Crippen LogP contribution in [0.1, 0.15) is 12.5 Å². The molecule has 2 aromatic carbocycles. The van der Waals surface area contributed by atoms with E-state index in [4.69, 9.17) is 4.74 Å². The van der Waals surface area contributed by atoms with Gasteiger partial charge in [-0.3, -0.25) is 4.79 Å². The lowest BCUT2D eigenvalue weighted by molar-refractivity contribution is -0.127. The van der Waals surface area contributed by atoms with Gasteiger partial charge in [0.2, 0.25) is 0 Å². The third kappa shape index (κ3) is 3.60. The van der Waals surface area contributed by atoms with Crippen LogP contribution < -0.4 is 15.7 Å². The number of rotatable bonds is 5. The van der Waals surface area contributed by atoms with Crippen molar-refractivity contribution in [3.05, 3.63) is 64.6 Å². The second kappa shape index (κ2) is 6.39. The highest BCUT2D eigenvalue weighted by Crippen LogP contribution is 2.12. The van der Waals surface area contributed by atoms with Crippen molar-refractivity contribution in [1.82, 2.24) is 15.3 Å². The number of hydrogen-bond donors (Lipinski definition) is 3. The minimum atomic E-state index is -0.590. The van der Waals surface area contributed by atoms with Crippen molar-refractivity contribution in [1.29, 1.82) is 0 Å². The zero-order chi connectivity index (χ0) is 16.2. The maximum absolute atomic E-state index is 12.1. The molecule has 118 valence electrons. The number of imidazole rings is 1. The summed E-state index contributed by atoms with van der Waals surface area (Å²) in [6.45, 7) is 2.07. The number of amides is 1. The van der Waals surface area contributed by atoms with E-state index < -0.39 is 6.10 Å². The summed E-state index contributed by atoms with van der Waals surface area (Å²) in [5, 5.41) is 2.82. The van der Waals surface area contributed by atoms with Crippen molar-refractivity contribution in [3.8, 4) is 5.75 Å². The first-order valence-corrected chi connectivity index (χ1v) is 7.32. The number of nitrogens with one attached hydrogen (secondary N) is 3. The van der Waals surface area contributed by atoms with Gasteiger partial charge in [0.1, 0.15) is 5.75 Å². The molecule has 1 heterocycles. The summed E-state index contributed by atoms with van der Waals surface area (Å²) in [7, 11) is 0.